The summed E-state index contributed by atoms with van der Waals surface area (Å²) in [5, 5.41) is 0. The molecule has 0 atom stereocenters. The lowest BCUT2D eigenvalue weighted by atomic mass is 9.93. The Kier molecular flexibility index (Phi) is 6.09. The van der Waals surface area contributed by atoms with Crippen LogP contribution >= 0.6 is 0 Å². The van der Waals surface area contributed by atoms with Crippen LogP contribution in [0.2, 0.25) is 0 Å². The van der Waals surface area contributed by atoms with Gasteiger partial charge in [-0.25, -0.2) is 9.80 Å². The number of amides is 4. The van der Waals surface area contributed by atoms with Crippen LogP contribution in [-0.2, 0) is 12.4 Å². The van der Waals surface area contributed by atoms with Gasteiger partial charge >= 0.3 is 12.4 Å². The van der Waals surface area contributed by atoms with Gasteiger partial charge in [-0.15, -0.1) is 0 Å². The normalized spacial score (nSPS) is 14.9. The molecule has 0 aliphatic carbocycles. The minimum atomic E-state index is -5.24. The SMILES string of the molecule is Nc1ccc2c(c1)C(=O)N(c1ccc(-c3ccc(N4C(=O)c5ccc(N)cc5C4=O)cc3C(F)(F)F)c(C(F)(F)F)c1)C2=O. The molecule has 0 saturated heterocycles. The molecule has 4 aromatic rings. The summed E-state index contributed by atoms with van der Waals surface area (Å²) in [5.74, 6) is -3.79. The minimum absolute atomic E-state index is 0.104. The second-order valence-corrected chi connectivity index (χ2v) is 9.96. The summed E-state index contributed by atoms with van der Waals surface area (Å²) in [4.78, 5) is 52.6. The number of nitrogens with two attached hydrogens (primary N) is 2. The van der Waals surface area contributed by atoms with E-state index in [0.717, 1.165) is 12.1 Å². The van der Waals surface area contributed by atoms with Gasteiger partial charge in [0.25, 0.3) is 23.6 Å². The Hall–Kier alpha value is -5.66. The van der Waals surface area contributed by atoms with Gasteiger partial charge in [0.15, 0.2) is 0 Å². The average molecular weight is 610 g/mol. The summed E-state index contributed by atoms with van der Waals surface area (Å²) in [6, 6.07) is 11.6. The fourth-order valence-corrected chi connectivity index (χ4v) is 5.27. The third-order valence-corrected chi connectivity index (χ3v) is 7.24. The van der Waals surface area contributed by atoms with Gasteiger partial charge in [0.05, 0.1) is 44.8 Å². The molecule has 8 nitrogen and oxygen atoms in total. The Morgan fingerprint density at radius 1 is 0.432 bits per heavy atom. The molecule has 0 spiro atoms. The zero-order valence-electron chi connectivity index (χ0n) is 21.9. The summed E-state index contributed by atoms with van der Waals surface area (Å²) < 4.78 is 86.1. The lowest BCUT2D eigenvalue weighted by Gasteiger charge is -2.22. The van der Waals surface area contributed by atoms with E-state index < -0.39 is 69.6 Å². The van der Waals surface area contributed by atoms with E-state index in [4.69, 9.17) is 11.5 Å². The highest BCUT2D eigenvalue weighted by Crippen LogP contribution is 2.46. The second-order valence-electron chi connectivity index (χ2n) is 9.96. The molecule has 14 heteroatoms. The van der Waals surface area contributed by atoms with Crippen molar-refractivity contribution in [3.63, 3.8) is 0 Å². The highest BCUT2D eigenvalue weighted by molar-refractivity contribution is 6.35. The number of carbonyl (C=O) groups is 4. The van der Waals surface area contributed by atoms with Crippen LogP contribution in [0.1, 0.15) is 52.6 Å². The van der Waals surface area contributed by atoms with Crippen LogP contribution in [0.25, 0.3) is 11.1 Å². The van der Waals surface area contributed by atoms with E-state index in [1.165, 1.54) is 36.4 Å². The van der Waals surface area contributed by atoms with Crippen molar-refractivity contribution >= 4 is 46.4 Å². The van der Waals surface area contributed by atoms with E-state index in [1.807, 2.05) is 0 Å². The number of fused-ring (bicyclic) bond motifs is 2. The second kappa shape index (κ2) is 9.42. The standard InChI is InChI=1S/C30H16F6N4O4/c31-29(32,33)23-11-15(39-25(41)19-5-1-13(37)9-21(19)27(39)43)3-7-17(23)18-8-4-16(12-24(18)30(34,35)36)40-26(42)20-6-2-14(38)10-22(20)28(40)44/h1-12H,37-38H2. The number of nitrogens with zero attached hydrogens (tertiary/aromatic N) is 2. The number of hydrogen-bond donors (Lipinski definition) is 2. The summed E-state index contributed by atoms with van der Waals surface area (Å²) in [7, 11) is 0. The van der Waals surface area contributed by atoms with Gasteiger partial charge in [0.1, 0.15) is 0 Å². The van der Waals surface area contributed by atoms with Crippen molar-refractivity contribution in [3.05, 3.63) is 106 Å². The Bertz CT molecular complexity index is 1830. The molecule has 0 aromatic heterocycles. The number of benzene rings is 4. The van der Waals surface area contributed by atoms with Crippen LogP contribution in [0.3, 0.4) is 0 Å². The number of imide groups is 2. The Balaban J connectivity index is 1.47. The fourth-order valence-electron chi connectivity index (χ4n) is 5.27. The molecule has 0 unspecified atom stereocenters. The van der Waals surface area contributed by atoms with Crippen LogP contribution in [0.5, 0.6) is 0 Å². The number of alkyl halides is 6. The first-order valence-corrected chi connectivity index (χ1v) is 12.6. The third kappa shape index (κ3) is 4.33. The smallest absolute Gasteiger partial charge is 0.399 e. The minimum Gasteiger partial charge on any atom is -0.399 e. The largest absolute Gasteiger partial charge is 0.417 e. The zero-order valence-corrected chi connectivity index (χ0v) is 21.9. The maximum absolute atomic E-state index is 14.4. The first kappa shape index (κ1) is 28.5. The van der Waals surface area contributed by atoms with Gasteiger partial charge in [-0.3, -0.25) is 19.2 Å². The van der Waals surface area contributed by atoms with Crippen LogP contribution < -0.4 is 21.3 Å². The van der Waals surface area contributed by atoms with Gasteiger partial charge in [-0.1, -0.05) is 12.1 Å². The predicted octanol–water partition coefficient (Wildman–Crippen LogP) is 6.16. The van der Waals surface area contributed by atoms with Gasteiger partial charge in [0.2, 0.25) is 0 Å². The van der Waals surface area contributed by atoms with E-state index in [-0.39, 0.29) is 33.6 Å². The summed E-state index contributed by atoms with van der Waals surface area (Å²) in [5.41, 5.74) is 5.07. The predicted molar refractivity (Wildman–Crippen MR) is 146 cm³/mol. The zero-order chi connectivity index (χ0) is 31.9. The molecule has 4 N–H and O–H groups in total. The molecule has 4 amide bonds. The lowest BCUT2D eigenvalue weighted by Crippen LogP contribution is -2.30. The molecule has 6 rings (SSSR count). The molecule has 4 aromatic carbocycles. The van der Waals surface area contributed by atoms with Crippen molar-refractivity contribution in [3.8, 4) is 11.1 Å². The van der Waals surface area contributed by atoms with E-state index >= 15 is 0 Å². The molecule has 0 fully saturated rings. The third-order valence-electron chi connectivity index (χ3n) is 7.24. The van der Waals surface area contributed by atoms with Gasteiger partial charge in [-0.05, 0) is 71.8 Å². The van der Waals surface area contributed by atoms with Gasteiger partial charge < -0.3 is 11.5 Å². The van der Waals surface area contributed by atoms with Crippen molar-refractivity contribution < 1.29 is 45.5 Å². The molecule has 0 radical (unpaired) electrons. The van der Waals surface area contributed by atoms with Crippen molar-refractivity contribution in [2.75, 3.05) is 21.3 Å². The van der Waals surface area contributed by atoms with E-state index in [9.17, 15) is 45.5 Å². The molecule has 2 aliphatic rings. The quantitative estimate of drug-likeness (QED) is 0.163. The van der Waals surface area contributed by atoms with E-state index in [0.29, 0.717) is 34.1 Å². The Morgan fingerprint density at radius 2 is 0.750 bits per heavy atom. The first-order valence-electron chi connectivity index (χ1n) is 12.6. The van der Waals surface area contributed by atoms with E-state index in [2.05, 4.69) is 0 Å². The average Bonchev–Trinajstić information content (AvgIpc) is 3.34. The highest BCUT2D eigenvalue weighted by Gasteiger charge is 2.43. The van der Waals surface area contributed by atoms with Crippen molar-refractivity contribution in [2.24, 2.45) is 0 Å². The van der Waals surface area contributed by atoms with Crippen molar-refractivity contribution in [1.82, 2.24) is 0 Å². The molecular formula is C30H16F6N4O4. The first-order chi connectivity index (χ1) is 20.6. The number of rotatable bonds is 3. The molecule has 222 valence electrons. The Morgan fingerprint density at radius 3 is 1.09 bits per heavy atom. The van der Waals surface area contributed by atoms with Crippen LogP contribution in [0.15, 0.2) is 72.8 Å². The molecule has 44 heavy (non-hydrogen) atoms. The molecule has 2 heterocycles. The number of anilines is 4. The maximum Gasteiger partial charge on any atom is 0.417 e. The van der Waals surface area contributed by atoms with Gasteiger partial charge in [-0.2, -0.15) is 26.3 Å². The maximum atomic E-state index is 14.4. The molecule has 0 bridgehead atoms. The lowest BCUT2D eigenvalue weighted by molar-refractivity contribution is -0.139. The van der Waals surface area contributed by atoms with E-state index in [1.54, 1.807) is 0 Å². The molecule has 2 aliphatic heterocycles. The topological polar surface area (TPSA) is 127 Å². The summed E-state index contributed by atoms with van der Waals surface area (Å²) >= 11 is 0. The van der Waals surface area contributed by atoms with Crippen LogP contribution in [-0.4, -0.2) is 23.6 Å². The fraction of sp³-hybridized carbons (Fsp3) is 0.0667. The molecule has 0 saturated carbocycles. The number of halogens is 6. The Labute approximate surface area is 243 Å². The monoisotopic (exact) mass is 610 g/mol. The number of hydrogen-bond acceptors (Lipinski definition) is 6. The van der Waals surface area contributed by atoms with Gasteiger partial charge in [0, 0.05) is 11.4 Å². The summed E-state index contributed by atoms with van der Waals surface area (Å²) in [6.45, 7) is 0. The van der Waals surface area contributed by atoms with Crippen molar-refractivity contribution in [1.29, 1.82) is 0 Å². The summed E-state index contributed by atoms with van der Waals surface area (Å²) in [6.07, 6.45) is -10.5. The highest BCUT2D eigenvalue weighted by atomic mass is 19.4. The van der Waals surface area contributed by atoms with Crippen LogP contribution in [0, 0.1) is 0 Å². The molecular weight excluding hydrogens is 594 g/mol. The number of carbonyl (C=O) groups excluding carboxylic acids is 4. The van der Waals surface area contributed by atoms with Crippen molar-refractivity contribution in [2.45, 2.75) is 12.4 Å². The number of nitrogen functional groups attached to an aromatic ring is 2. The van der Waals surface area contributed by atoms with Crippen LogP contribution in [0.4, 0.5) is 49.1 Å².